The van der Waals surface area contributed by atoms with Crippen molar-refractivity contribution in [1.29, 1.82) is 0 Å². The average molecular weight is 282 g/mol. The summed E-state index contributed by atoms with van der Waals surface area (Å²) in [5.41, 5.74) is 7.18. The van der Waals surface area contributed by atoms with Crippen LogP contribution < -0.4 is 0 Å². The Morgan fingerprint density at radius 3 is 2.71 bits per heavy atom. The minimum Gasteiger partial charge on any atom is -0.0591 e. The fourth-order valence-corrected chi connectivity index (χ4v) is 6.21. The van der Waals surface area contributed by atoms with E-state index in [1.165, 1.54) is 56.9 Å². The Bertz CT molecular complexity index is 555. The van der Waals surface area contributed by atoms with E-state index in [1.54, 1.807) is 16.7 Å². The highest BCUT2D eigenvalue weighted by Gasteiger charge is 2.50. The van der Waals surface area contributed by atoms with Gasteiger partial charge in [0.2, 0.25) is 0 Å². The van der Waals surface area contributed by atoms with Crippen LogP contribution in [-0.4, -0.2) is 0 Å². The van der Waals surface area contributed by atoms with Gasteiger partial charge in [-0.05, 0) is 97.8 Å². The number of fused-ring (bicyclic) bond motifs is 5. The first-order valence-electron chi connectivity index (χ1n) is 9.20. The molecule has 4 atom stereocenters. The number of hydrogen-bond acceptors (Lipinski definition) is 0. The molecule has 0 nitrogen and oxygen atoms in total. The Morgan fingerprint density at radius 2 is 1.86 bits per heavy atom. The zero-order valence-electron chi connectivity index (χ0n) is 14.0. The number of aryl methyl sites for hydroxylation is 1. The first-order valence-corrected chi connectivity index (χ1v) is 9.20. The molecule has 0 N–H and O–H groups in total. The molecule has 2 saturated carbocycles. The van der Waals surface area contributed by atoms with Gasteiger partial charge in [0.15, 0.2) is 0 Å². The zero-order valence-corrected chi connectivity index (χ0v) is 14.0. The van der Waals surface area contributed by atoms with Gasteiger partial charge >= 0.3 is 0 Å². The third-order valence-electron chi connectivity index (χ3n) is 7.62. The molecule has 0 aliphatic heterocycles. The van der Waals surface area contributed by atoms with Crippen LogP contribution in [0.3, 0.4) is 0 Å². The molecule has 21 heavy (non-hydrogen) atoms. The summed E-state index contributed by atoms with van der Waals surface area (Å²) in [5, 5.41) is 0. The van der Waals surface area contributed by atoms with Crippen molar-refractivity contribution >= 4 is 0 Å². The fourth-order valence-electron chi connectivity index (χ4n) is 6.21. The number of rotatable bonds is 0. The summed E-state index contributed by atoms with van der Waals surface area (Å²) in [7, 11) is 0. The Hall–Kier alpha value is -0.780. The van der Waals surface area contributed by atoms with Crippen molar-refractivity contribution in [3.8, 4) is 0 Å². The molecular weight excluding hydrogens is 252 g/mol. The van der Waals surface area contributed by atoms with Crippen LogP contribution in [0.5, 0.6) is 0 Å². The summed E-state index contributed by atoms with van der Waals surface area (Å²) in [4.78, 5) is 0. The predicted octanol–water partition coefficient (Wildman–Crippen LogP) is 5.94. The van der Waals surface area contributed by atoms with Crippen molar-refractivity contribution < 1.29 is 0 Å². The Kier molecular flexibility index (Phi) is 3.21. The van der Waals surface area contributed by atoms with Gasteiger partial charge in [0.1, 0.15) is 0 Å². The Labute approximate surface area is 130 Å². The molecule has 1 aromatic rings. The second-order valence-electron chi connectivity index (χ2n) is 8.35. The molecule has 0 bridgehead atoms. The monoisotopic (exact) mass is 282 g/mol. The normalized spacial score (nSPS) is 38.3. The second kappa shape index (κ2) is 4.86. The van der Waals surface area contributed by atoms with Gasteiger partial charge in [-0.25, -0.2) is 0 Å². The van der Waals surface area contributed by atoms with E-state index in [4.69, 9.17) is 0 Å². The summed E-state index contributed by atoms with van der Waals surface area (Å²) in [6.45, 7) is 7.28. The molecule has 0 heteroatoms. The van der Waals surface area contributed by atoms with Crippen LogP contribution in [0.15, 0.2) is 12.1 Å². The van der Waals surface area contributed by atoms with Crippen LogP contribution >= 0.6 is 0 Å². The van der Waals surface area contributed by atoms with Gasteiger partial charge in [-0.2, -0.15) is 0 Å². The highest BCUT2D eigenvalue weighted by molar-refractivity contribution is 5.44. The first kappa shape index (κ1) is 13.9. The molecule has 0 aromatic heterocycles. The van der Waals surface area contributed by atoms with Crippen LogP contribution in [0.1, 0.15) is 80.0 Å². The average Bonchev–Trinajstić information content (AvgIpc) is 2.50. The van der Waals surface area contributed by atoms with Gasteiger partial charge in [0, 0.05) is 0 Å². The van der Waals surface area contributed by atoms with E-state index >= 15 is 0 Å². The maximum Gasteiger partial charge on any atom is -0.0125 e. The fraction of sp³-hybridized carbons (Fsp3) is 0.714. The van der Waals surface area contributed by atoms with Gasteiger partial charge < -0.3 is 0 Å². The van der Waals surface area contributed by atoms with E-state index in [0.717, 1.165) is 17.8 Å². The molecule has 0 saturated heterocycles. The summed E-state index contributed by atoms with van der Waals surface area (Å²) in [6, 6.07) is 4.87. The van der Waals surface area contributed by atoms with Crippen molar-refractivity contribution in [3.05, 3.63) is 34.4 Å². The molecule has 0 unspecified atom stereocenters. The van der Waals surface area contributed by atoms with Crippen molar-refractivity contribution in [1.82, 2.24) is 0 Å². The summed E-state index contributed by atoms with van der Waals surface area (Å²) >= 11 is 0. The molecular formula is C21H30. The maximum atomic E-state index is 2.65. The van der Waals surface area contributed by atoms with Crippen LogP contribution in [0.2, 0.25) is 0 Å². The molecule has 0 radical (unpaired) electrons. The number of hydrogen-bond donors (Lipinski definition) is 0. The Morgan fingerprint density at radius 1 is 1.00 bits per heavy atom. The lowest BCUT2D eigenvalue weighted by Crippen LogP contribution is -2.46. The lowest BCUT2D eigenvalue weighted by atomic mass is 9.49. The second-order valence-corrected chi connectivity index (χ2v) is 8.35. The molecule has 0 spiro atoms. The largest absolute Gasteiger partial charge is 0.0591 e. The minimum atomic E-state index is 0.650. The van der Waals surface area contributed by atoms with E-state index in [1.807, 2.05) is 0 Å². The highest BCUT2D eigenvalue weighted by atomic mass is 14.5. The lowest BCUT2D eigenvalue weighted by Gasteiger charge is -2.56. The standard InChI is InChI=1S/C21H30/c1-14-7-9-18-17(15(14)2)11-12-20-19(18)10-8-16-6-4-5-13-21(16,20)3/h7,9,16,19-20H,4-6,8,10-13H2,1-3H3/t16-,19-,20-,21-/m0/s1. The molecule has 1 aromatic carbocycles. The highest BCUT2D eigenvalue weighted by Crippen LogP contribution is 2.60. The maximum absolute atomic E-state index is 2.65. The van der Waals surface area contributed by atoms with Crippen LogP contribution in [0.25, 0.3) is 0 Å². The molecule has 114 valence electrons. The van der Waals surface area contributed by atoms with Crippen molar-refractivity contribution in [2.45, 2.75) is 78.1 Å². The summed E-state index contributed by atoms with van der Waals surface area (Å²) in [5.74, 6) is 2.86. The molecule has 2 fully saturated rings. The third kappa shape index (κ3) is 1.94. The van der Waals surface area contributed by atoms with E-state index < -0.39 is 0 Å². The van der Waals surface area contributed by atoms with E-state index in [0.29, 0.717) is 5.41 Å². The smallest absolute Gasteiger partial charge is 0.0125 e. The molecule has 0 amide bonds. The van der Waals surface area contributed by atoms with E-state index in [2.05, 4.69) is 32.9 Å². The molecule has 3 aliphatic rings. The van der Waals surface area contributed by atoms with Crippen LogP contribution in [0.4, 0.5) is 0 Å². The van der Waals surface area contributed by atoms with Gasteiger partial charge in [0.25, 0.3) is 0 Å². The van der Waals surface area contributed by atoms with Crippen LogP contribution in [-0.2, 0) is 6.42 Å². The quantitative estimate of drug-likeness (QED) is 0.552. The van der Waals surface area contributed by atoms with Gasteiger partial charge in [-0.15, -0.1) is 0 Å². The van der Waals surface area contributed by atoms with E-state index in [-0.39, 0.29) is 0 Å². The topological polar surface area (TPSA) is 0 Å². The molecule has 0 heterocycles. The van der Waals surface area contributed by atoms with E-state index in [9.17, 15) is 0 Å². The molecule has 4 rings (SSSR count). The lowest BCUT2D eigenvalue weighted by molar-refractivity contribution is -0.0204. The SMILES string of the molecule is Cc1ccc2c(c1C)CC[C@H]1[C@H]2CC[C@@H]2CCCC[C@@]21C. The first-order chi connectivity index (χ1) is 10.1. The zero-order chi connectivity index (χ0) is 14.6. The van der Waals surface area contributed by atoms with Crippen molar-refractivity contribution in [2.24, 2.45) is 17.3 Å². The minimum absolute atomic E-state index is 0.650. The van der Waals surface area contributed by atoms with Gasteiger partial charge in [-0.1, -0.05) is 31.9 Å². The number of benzene rings is 1. The summed E-state index contributed by atoms with van der Waals surface area (Å²) < 4.78 is 0. The predicted molar refractivity (Wildman–Crippen MR) is 89.8 cm³/mol. The summed E-state index contributed by atoms with van der Waals surface area (Å²) in [6.07, 6.45) is 11.7. The Balaban J connectivity index is 1.75. The molecule has 3 aliphatic carbocycles. The van der Waals surface area contributed by atoms with Crippen molar-refractivity contribution in [2.75, 3.05) is 0 Å². The third-order valence-corrected chi connectivity index (χ3v) is 7.62. The van der Waals surface area contributed by atoms with Gasteiger partial charge in [0.05, 0.1) is 0 Å². The van der Waals surface area contributed by atoms with Crippen LogP contribution in [0, 0.1) is 31.1 Å². The van der Waals surface area contributed by atoms with Gasteiger partial charge in [-0.3, -0.25) is 0 Å². The van der Waals surface area contributed by atoms with Crippen molar-refractivity contribution in [3.63, 3.8) is 0 Å².